The van der Waals surface area contributed by atoms with Crippen LogP contribution in [0, 0.1) is 11.7 Å². The number of carboxylic acid groups (broad SMARTS) is 1. The number of hydrogen-bond donors (Lipinski definition) is 3. The third kappa shape index (κ3) is 4.33. The molecule has 1 atom stereocenters. The van der Waals surface area contributed by atoms with Crippen molar-refractivity contribution < 1.29 is 19.4 Å². The van der Waals surface area contributed by atoms with Gasteiger partial charge in [-0.3, -0.25) is 4.79 Å². The second-order valence-electron chi connectivity index (χ2n) is 4.69. The molecule has 0 heterocycles. The van der Waals surface area contributed by atoms with Gasteiger partial charge in [-0.15, -0.1) is 0 Å². The molecule has 3 N–H and O–H groups in total. The second-order valence-corrected chi connectivity index (χ2v) is 4.69. The highest BCUT2D eigenvalue weighted by molar-refractivity contribution is 5.73. The summed E-state index contributed by atoms with van der Waals surface area (Å²) < 4.78 is 13.1. The number of halogens is 1. The molecular weight excluding hydrogens is 237 g/mol. The van der Waals surface area contributed by atoms with Crippen LogP contribution < -0.4 is 5.32 Å². The molecule has 1 aromatic rings. The van der Waals surface area contributed by atoms with Crippen LogP contribution in [0.15, 0.2) is 18.2 Å². The minimum Gasteiger partial charge on any atom is -0.505 e. The molecule has 0 radical (unpaired) electrons. The Morgan fingerprint density at radius 1 is 1.44 bits per heavy atom. The first-order valence-electron chi connectivity index (χ1n) is 5.83. The lowest BCUT2D eigenvalue weighted by Gasteiger charge is -2.16. The number of hydrogen-bond acceptors (Lipinski definition) is 3. The fourth-order valence-corrected chi connectivity index (χ4v) is 1.64. The lowest BCUT2D eigenvalue weighted by Crippen LogP contribution is -2.37. The van der Waals surface area contributed by atoms with E-state index < -0.39 is 23.6 Å². The van der Waals surface area contributed by atoms with E-state index in [1.807, 2.05) is 13.8 Å². The Morgan fingerprint density at radius 3 is 2.61 bits per heavy atom. The van der Waals surface area contributed by atoms with Crippen LogP contribution in [0.3, 0.4) is 0 Å². The summed E-state index contributed by atoms with van der Waals surface area (Å²) in [6.07, 6.45) is 0.510. The number of phenolic OH excluding ortho intramolecular Hbond substituents is 1. The van der Waals surface area contributed by atoms with Crippen molar-refractivity contribution in [3.05, 3.63) is 29.6 Å². The largest absolute Gasteiger partial charge is 0.505 e. The molecule has 100 valence electrons. The number of nitrogens with one attached hydrogen (secondary N) is 1. The van der Waals surface area contributed by atoms with E-state index in [2.05, 4.69) is 5.32 Å². The van der Waals surface area contributed by atoms with E-state index in [1.165, 1.54) is 12.1 Å². The first-order chi connectivity index (χ1) is 8.40. The van der Waals surface area contributed by atoms with E-state index in [4.69, 9.17) is 10.2 Å². The summed E-state index contributed by atoms with van der Waals surface area (Å²) in [4.78, 5) is 11.0. The molecule has 0 amide bonds. The van der Waals surface area contributed by atoms with E-state index in [-0.39, 0.29) is 12.5 Å². The maximum atomic E-state index is 13.1. The zero-order valence-corrected chi connectivity index (χ0v) is 10.5. The first kappa shape index (κ1) is 14.4. The summed E-state index contributed by atoms with van der Waals surface area (Å²) in [5.41, 5.74) is 0.598. The van der Waals surface area contributed by atoms with Gasteiger partial charge in [-0.1, -0.05) is 19.9 Å². The van der Waals surface area contributed by atoms with E-state index in [9.17, 15) is 9.18 Å². The zero-order valence-electron chi connectivity index (χ0n) is 10.5. The van der Waals surface area contributed by atoms with Crippen molar-refractivity contribution in [1.82, 2.24) is 5.32 Å². The lowest BCUT2D eigenvalue weighted by molar-refractivity contribution is -0.140. The van der Waals surface area contributed by atoms with Gasteiger partial charge in [-0.25, -0.2) is 4.39 Å². The van der Waals surface area contributed by atoms with E-state index in [0.717, 1.165) is 0 Å². The molecule has 1 rings (SSSR count). The van der Waals surface area contributed by atoms with Crippen LogP contribution in [0.25, 0.3) is 0 Å². The van der Waals surface area contributed by atoms with Crippen molar-refractivity contribution in [3.8, 4) is 5.75 Å². The Morgan fingerprint density at radius 2 is 2.11 bits per heavy atom. The van der Waals surface area contributed by atoms with Gasteiger partial charge in [0.1, 0.15) is 6.04 Å². The molecule has 5 heteroatoms. The lowest BCUT2D eigenvalue weighted by atomic mass is 10.0. The minimum atomic E-state index is -0.914. The van der Waals surface area contributed by atoms with Gasteiger partial charge in [0.05, 0.1) is 0 Å². The Labute approximate surface area is 105 Å². The summed E-state index contributed by atoms with van der Waals surface area (Å²) in [6, 6.07) is 3.35. The highest BCUT2D eigenvalue weighted by Crippen LogP contribution is 2.16. The number of phenols is 1. The number of carboxylic acids is 1. The molecule has 1 aromatic carbocycles. The third-order valence-electron chi connectivity index (χ3n) is 2.57. The van der Waals surface area contributed by atoms with Crippen LogP contribution in [0.2, 0.25) is 0 Å². The molecule has 0 saturated heterocycles. The van der Waals surface area contributed by atoms with Crippen molar-refractivity contribution in [3.63, 3.8) is 0 Å². The molecule has 0 fully saturated rings. The monoisotopic (exact) mass is 255 g/mol. The molecular formula is C13H18FNO3. The summed E-state index contributed by atoms with van der Waals surface area (Å²) in [6.45, 7) is 4.14. The maximum Gasteiger partial charge on any atom is 0.320 e. The molecule has 18 heavy (non-hydrogen) atoms. The van der Waals surface area contributed by atoms with Gasteiger partial charge in [-0.2, -0.15) is 0 Å². The fourth-order valence-electron chi connectivity index (χ4n) is 1.64. The predicted octanol–water partition coefficient (Wildman–Crippen LogP) is 2.12. The second kappa shape index (κ2) is 6.35. The molecule has 4 nitrogen and oxygen atoms in total. The molecule has 0 aliphatic heterocycles. The molecule has 0 aliphatic carbocycles. The summed E-state index contributed by atoms with van der Waals surface area (Å²) in [7, 11) is 0. The Balaban J connectivity index is 2.61. The molecule has 0 bridgehead atoms. The molecule has 0 saturated carbocycles. The molecule has 1 unspecified atom stereocenters. The average Bonchev–Trinajstić information content (AvgIpc) is 2.28. The number of aliphatic carboxylic acids is 1. The van der Waals surface area contributed by atoms with E-state index >= 15 is 0 Å². The Bertz CT molecular complexity index is 421. The normalized spacial score (nSPS) is 12.7. The van der Waals surface area contributed by atoms with Crippen LogP contribution in [0.4, 0.5) is 4.39 Å². The number of benzene rings is 1. The van der Waals surface area contributed by atoms with Gasteiger partial charge in [0.15, 0.2) is 11.6 Å². The predicted molar refractivity (Wildman–Crippen MR) is 65.8 cm³/mol. The van der Waals surface area contributed by atoms with Crippen molar-refractivity contribution >= 4 is 5.97 Å². The quantitative estimate of drug-likeness (QED) is 0.728. The Hall–Kier alpha value is -1.62. The molecule has 0 aliphatic rings. The highest BCUT2D eigenvalue weighted by atomic mass is 19.1. The number of carbonyl (C=O) groups is 1. The van der Waals surface area contributed by atoms with Gasteiger partial charge in [0.2, 0.25) is 0 Å². The van der Waals surface area contributed by atoms with Gasteiger partial charge >= 0.3 is 5.97 Å². The smallest absolute Gasteiger partial charge is 0.320 e. The van der Waals surface area contributed by atoms with Gasteiger partial charge in [0.25, 0.3) is 0 Å². The fraction of sp³-hybridized carbons (Fsp3) is 0.462. The van der Waals surface area contributed by atoms with Crippen molar-refractivity contribution in [1.29, 1.82) is 0 Å². The van der Waals surface area contributed by atoms with Crippen LogP contribution in [0.1, 0.15) is 25.8 Å². The van der Waals surface area contributed by atoms with Crippen molar-refractivity contribution in [2.24, 2.45) is 5.92 Å². The highest BCUT2D eigenvalue weighted by Gasteiger charge is 2.18. The molecule has 0 aromatic heterocycles. The summed E-state index contributed by atoms with van der Waals surface area (Å²) in [5, 5.41) is 20.9. The third-order valence-corrected chi connectivity index (χ3v) is 2.57. The number of aromatic hydroxyl groups is 1. The van der Waals surface area contributed by atoms with Crippen molar-refractivity contribution in [2.45, 2.75) is 32.9 Å². The van der Waals surface area contributed by atoms with Gasteiger partial charge in [0, 0.05) is 6.54 Å². The van der Waals surface area contributed by atoms with E-state index in [0.29, 0.717) is 12.0 Å². The van der Waals surface area contributed by atoms with Crippen LogP contribution in [0.5, 0.6) is 5.75 Å². The SMILES string of the molecule is CC(C)CC(NCc1ccc(O)c(F)c1)C(=O)O. The zero-order chi connectivity index (χ0) is 13.7. The minimum absolute atomic E-state index is 0.251. The van der Waals surface area contributed by atoms with Crippen LogP contribution in [-0.2, 0) is 11.3 Å². The van der Waals surface area contributed by atoms with Crippen molar-refractivity contribution in [2.75, 3.05) is 0 Å². The topological polar surface area (TPSA) is 69.6 Å². The average molecular weight is 255 g/mol. The van der Waals surface area contributed by atoms with Gasteiger partial charge in [-0.05, 0) is 30.0 Å². The summed E-state index contributed by atoms with van der Waals surface area (Å²) >= 11 is 0. The molecule has 0 spiro atoms. The number of rotatable bonds is 6. The Kier molecular flexibility index (Phi) is 5.09. The maximum absolute atomic E-state index is 13.1. The van der Waals surface area contributed by atoms with Gasteiger partial charge < -0.3 is 15.5 Å². The standard InChI is InChI=1S/C13H18FNO3/c1-8(2)5-11(13(17)18)15-7-9-3-4-12(16)10(14)6-9/h3-4,6,8,11,15-16H,5,7H2,1-2H3,(H,17,18). The summed E-state index contributed by atoms with van der Waals surface area (Å²) in [5.74, 6) is -1.76. The van der Waals surface area contributed by atoms with E-state index in [1.54, 1.807) is 6.07 Å². The van der Waals surface area contributed by atoms with Crippen LogP contribution >= 0.6 is 0 Å². The van der Waals surface area contributed by atoms with Crippen LogP contribution in [-0.4, -0.2) is 22.2 Å². The first-order valence-corrected chi connectivity index (χ1v) is 5.83.